The Balaban J connectivity index is 1.16. The molecule has 0 radical (unpaired) electrons. The number of hydrogen-bond acceptors (Lipinski definition) is 6. The molecule has 2 aliphatic heterocycles. The van der Waals surface area contributed by atoms with E-state index < -0.39 is 0 Å². The van der Waals surface area contributed by atoms with Gasteiger partial charge in [-0.05, 0) is 24.3 Å². The molecule has 5 rings (SSSR count). The number of hydrogen-bond donors (Lipinski definition) is 0. The van der Waals surface area contributed by atoms with Gasteiger partial charge in [0.15, 0.2) is 0 Å². The van der Waals surface area contributed by atoms with Gasteiger partial charge >= 0.3 is 0 Å². The summed E-state index contributed by atoms with van der Waals surface area (Å²) < 4.78 is 0. The lowest BCUT2D eigenvalue weighted by molar-refractivity contribution is -0.137. The Hall–Kier alpha value is -2.55. The van der Waals surface area contributed by atoms with E-state index in [9.17, 15) is 9.59 Å². The standard InChI is InChI=1S/C24H26N4O2S2/c29-23(20-8-4-10-28(20)24(30)21-9-5-15-31-21)27-13-11-26(12-14-27)16-19-17-32-22(25-19)18-6-2-1-3-7-18/h1-3,5-7,9,15,17,20H,4,8,10-14,16H2/t20-/m0/s1. The van der Waals surface area contributed by atoms with Gasteiger partial charge in [-0.2, -0.15) is 0 Å². The molecule has 2 fully saturated rings. The number of thiophene rings is 1. The molecule has 2 saturated heterocycles. The highest BCUT2D eigenvalue weighted by atomic mass is 32.1. The summed E-state index contributed by atoms with van der Waals surface area (Å²) in [6, 6.07) is 13.7. The lowest BCUT2D eigenvalue weighted by atomic mass is 10.1. The lowest BCUT2D eigenvalue weighted by Gasteiger charge is -2.37. The number of carbonyl (C=O) groups excluding carboxylic acids is 2. The predicted molar refractivity (Wildman–Crippen MR) is 128 cm³/mol. The molecular weight excluding hydrogens is 440 g/mol. The van der Waals surface area contributed by atoms with E-state index in [0.717, 1.165) is 48.7 Å². The van der Waals surface area contributed by atoms with E-state index >= 15 is 0 Å². The highest BCUT2D eigenvalue weighted by molar-refractivity contribution is 7.13. The normalized spacial score (nSPS) is 19.4. The van der Waals surface area contributed by atoms with E-state index in [4.69, 9.17) is 4.98 Å². The highest BCUT2D eigenvalue weighted by Gasteiger charge is 2.38. The quantitative estimate of drug-likeness (QED) is 0.574. The van der Waals surface area contributed by atoms with Crippen LogP contribution in [0.1, 0.15) is 28.2 Å². The predicted octanol–water partition coefficient (Wildman–Crippen LogP) is 3.82. The van der Waals surface area contributed by atoms with Crippen LogP contribution in [0, 0.1) is 0 Å². The number of rotatable bonds is 5. The average molecular weight is 467 g/mol. The summed E-state index contributed by atoms with van der Waals surface area (Å²) in [5.74, 6) is 0.0966. The fourth-order valence-corrected chi connectivity index (χ4v) is 5.96. The summed E-state index contributed by atoms with van der Waals surface area (Å²) in [4.78, 5) is 37.6. The van der Waals surface area contributed by atoms with Crippen molar-refractivity contribution in [1.82, 2.24) is 19.7 Å². The second kappa shape index (κ2) is 9.52. The van der Waals surface area contributed by atoms with Crippen molar-refractivity contribution in [3.63, 3.8) is 0 Å². The molecule has 1 atom stereocenters. The van der Waals surface area contributed by atoms with Crippen LogP contribution in [0.25, 0.3) is 10.6 Å². The molecule has 166 valence electrons. The molecule has 0 spiro atoms. The molecule has 0 saturated carbocycles. The zero-order valence-electron chi connectivity index (χ0n) is 17.9. The Morgan fingerprint density at radius 1 is 0.969 bits per heavy atom. The molecule has 4 heterocycles. The highest BCUT2D eigenvalue weighted by Crippen LogP contribution is 2.26. The van der Waals surface area contributed by atoms with Gasteiger partial charge in [0.1, 0.15) is 11.0 Å². The van der Waals surface area contributed by atoms with E-state index in [-0.39, 0.29) is 17.9 Å². The number of nitrogens with zero attached hydrogens (tertiary/aromatic N) is 4. The third-order valence-corrected chi connectivity index (χ3v) is 7.97. The molecular formula is C24H26N4O2S2. The van der Waals surface area contributed by atoms with Crippen LogP contribution in [0.3, 0.4) is 0 Å². The summed E-state index contributed by atoms with van der Waals surface area (Å²) in [6.07, 6.45) is 1.65. The van der Waals surface area contributed by atoms with Crippen LogP contribution in [0.4, 0.5) is 0 Å². The molecule has 2 aromatic heterocycles. The van der Waals surface area contributed by atoms with Crippen LogP contribution in [-0.4, -0.2) is 70.3 Å². The number of piperazine rings is 1. The van der Waals surface area contributed by atoms with Crippen LogP contribution in [0.2, 0.25) is 0 Å². The molecule has 2 amide bonds. The molecule has 0 bridgehead atoms. The second-order valence-corrected chi connectivity index (χ2v) is 10.1. The van der Waals surface area contributed by atoms with Gasteiger partial charge in [-0.25, -0.2) is 4.98 Å². The van der Waals surface area contributed by atoms with E-state index in [0.29, 0.717) is 24.5 Å². The fraction of sp³-hybridized carbons (Fsp3) is 0.375. The Bertz CT molecular complexity index is 1060. The third-order valence-electron chi connectivity index (χ3n) is 6.17. The Morgan fingerprint density at radius 3 is 2.53 bits per heavy atom. The molecule has 0 N–H and O–H groups in total. The van der Waals surface area contributed by atoms with Crippen LogP contribution in [0.15, 0.2) is 53.2 Å². The van der Waals surface area contributed by atoms with E-state index in [1.807, 2.05) is 40.6 Å². The van der Waals surface area contributed by atoms with Crippen LogP contribution in [-0.2, 0) is 11.3 Å². The molecule has 2 aliphatic rings. The van der Waals surface area contributed by atoms with Crippen molar-refractivity contribution in [2.45, 2.75) is 25.4 Å². The van der Waals surface area contributed by atoms with E-state index in [2.05, 4.69) is 22.4 Å². The van der Waals surface area contributed by atoms with Gasteiger partial charge in [0, 0.05) is 50.2 Å². The molecule has 0 aliphatic carbocycles. The summed E-state index contributed by atoms with van der Waals surface area (Å²) >= 11 is 3.12. The number of thiazole rings is 1. The Kier molecular flexibility index (Phi) is 6.34. The SMILES string of the molecule is O=C([C@@H]1CCCN1C(=O)c1cccs1)N1CCN(Cc2csc(-c3ccccc3)n2)CC1. The van der Waals surface area contributed by atoms with Gasteiger partial charge in [0.2, 0.25) is 5.91 Å². The van der Waals surface area contributed by atoms with Gasteiger partial charge < -0.3 is 9.80 Å². The van der Waals surface area contributed by atoms with E-state index in [1.54, 1.807) is 16.2 Å². The van der Waals surface area contributed by atoms with Crippen molar-refractivity contribution in [3.05, 3.63) is 63.8 Å². The monoisotopic (exact) mass is 466 g/mol. The van der Waals surface area contributed by atoms with Gasteiger partial charge in [-0.15, -0.1) is 22.7 Å². The number of likely N-dealkylation sites (tertiary alicyclic amines) is 1. The van der Waals surface area contributed by atoms with Gasteiger partial charge in [-0.1, -0.05) is 36.4 Å². The first-order valence-electron chi connectivity index (χ1n) is 11.0. The van der Waals surface area contributed by atoms with Crippen molar-refractivity contribution >= 4 is 34.5 Å². The summed E-state index contributed by atoms with van der Waals surface area (Å²) in [6.45, 7) is 4.53. The van der Waals surface area contributed by atoms with Crippen molar-refractivity contribution in [2.75, 3.05) is 32.7 Å². The Morgan fingerprint density at radius 2 is 1.78 bits per heavy atom. The number of benzene rings is 1. The van der Waals surface area contributed by atoms with Crippen molar-refractivity contribution in [1.29, 1.82) is 0 Å². The fourth-order valence-electron chi connectivity index (χ4n) is 4.47. The first-order chi connectivity index (χ1) is 15.7. The molecule has 1 aromatic carbocycles. The molecule has 32 heavy (non-hydrogen) atoms. The minimum Gasteiger partial charge on any atom is -0.338 e. The second-order valence-electron chi connectivity index (χ2n) is 8.25. The van der Waals surface area contributed by atoms with Gasteiger partial charge in [-0.3, -0.25) is 14.5 Å². The van der Waals surface area contributed by atoms with Crippen LogP contribution >= 0.6 is 22.7 Å². The largest absolute Gasteiger partial charge is 0.338 e. The number of aromatic nitrogens is 1. The minimum absolute atomic E-state index is 0.00719. The van der Waals surface area contributed by atoms with Crippen LogP contribution < -0.4 is 0 Å². The first kappa shape index (κ1) is 21.3. The molecule has 0 unspecified atom stereocenters. The minimum atomic E-state index is -0.317. The van der Waals surface area contributed by atoms with Crippen molar-refractivity contribution in [3.8, 4) is 10.6 Å². The van der Waals surface area contributed by atoms with E-state index in [1.165, 1.54) is 11.3 Å². The van der Waals surface area contributed by atoms with Crippen LogP contribution in [0.5, 0.6) is 0 Å². The average Bonchev–Trinajstić information content (AvgIpc) is 3.61. The summed E-state index contributed by atoms with van der Waals surface area (Å²) in [7, 11) is 0. The lowest BCUT2D eigenvalue weighted by Crippen LogP contribution is -2.54. The number of carbonyl (C=O) groups is 2. The Labute approximate surface area is 196 Å². The third kappa shape index (κ3) is 4.48. The van der Waals surface area contributed by atoms with Crippen molar-refractivity contribution < 1.29 is 9.59 Å². The van der Waals surface area contributed by atoms with Gasteiger partial charge in [0.05, 0.1) is 10.6 Å². The molecule has 3 aromatic rings. The maximum absolute atomic E-state index is 13.2. The maximum atomic E-state index is 13.2. The van der Waals surface area contributed by atoms with Gasteiger partial charge in [0.25, 0.3) is 5.91 Å². The molecule has 6 nitrogen and oxygen atoms in total. The topological polar surface area (TPSA) is 56.8 Å². The zero-order valence-corrected chi connectivity index (χ0v) is 19.5. The number of amides is 2. The smallest absolute Gasteiger partial charge is 0.264 e. The molecule has 8 heteroatoms. The van der Waals surface area contributed by atoms with Crippen molar-refractivity contribution in [2.24, 2.45) is 0 Å². The summed E-state index contributed by atoms with van der Waals surface area (Å²) in [5.41, 5.74) is 2.23. The summed E-state index contributed by atoms with van der Waals surface area (Å²) in [5, 5.41) is 5.09. The maximum Gasteiger partial charge on any atom is 0.264 e. The zero-order chi connectivity index (χ0) is 21.9. The first-order valence-corrected chi connectivity index (χ1v) is 12.8.